The first kappa shape index (κ1) is 15.6. The first-order valence-corrected chi connectivity index (χ1v) is 8.49. The van der Waals surface area contributed by atoms with Gasteiger partial charge in [0.2, 0.25) is 11.8 Å². The quantitative estimate of drug-likeness (QED) is 0.909. The largest absolute Gasteiger partial charge is 0.436 e. The molecule has 6 heteroatoms. The maximum atomic E-state index is 12.8. The summed E-state index contributed by atoms with van der Waals surface area (Å²) in [6, 6.07) is 8.68. The lowest BCUT2D eigenvalue weighted by Crippen LogP contribution is -2.25. The van der Waals surface area contributed by atoms with E-state index in [0.29, 0.717) is 28.6 Å². The summed E-state index contributed by atoms with van der Waals surface area (Å²) in [7, 11) is 1.69. The normalized spacial score (nSPS) is 16.7. The smallest absolute Gasteiger partial charge is 0.262 e. The Morgan fingerprint density at radius 1 is 1.28 bits per heavy atom. The zero-order chi connectivity index (χ0) is 17.4. The van der Waals surface area contributed by atoms with Crippen LogP contribution in [0.2, 0.25) is 0 Å². The van der Waals surface area contributed by atoms with Gasteiger partial charge in [0.1, 0.15) is 11.4 Å². The second-order valence-corrected chi connectivity index (χ2v) is 6.48. The zero-order valence-corrected chi connectivity index (χ0v) is 14.0. The van der Waals surface area contributed by atoms with Crippen LogP contribution in [0.3, 0.4) is 0 Å². The maximum absolute atomic E-state index is 12.8. The SMILES string of the molecule is CN1C(=O)c2cc(NC(=O)C3CCCC3)ccc2Oc2ncccc21. The minimum atomic E-state index is -0.196. The number of fused-ring (bicyclic) bond motifs is 2. The van der Waals surface area contributed by atoms with Crippen LogP contribution in [0.15, 0.2) is 36.5 Å². The summed E-state index contributed by atoms with van der Waals surface area (Å²) >= 11 is 0. The van der Waals surface area contributed by atoms with Crippen LogP contribution < -0.4 is 15.0 Å². The lowest BCUT2D eigenvalue weighted by atomic mass is 10.1. The van der Waals surface area contributed by atoms with Crippen molar-refractivity contribution < 1.29 is 14.3 Å². The summed E-state index contributed by atoms with van der Waals surface area (Å²) in [5, 5.41) is 2.93. The second kappa shape index (κ2) is 6.20. The maximum Gasteiger partial charge on any atom is 0.262 e. The predicted molar refractivity (Wildman–Crippen MR) is 94.1 cm³/mol. The van der Waals surface area contributed by atoms with E-state index in [1.807, 2.05) is 0 Å². The van der Waals surface area contributed by atoms with Gasteiger partial charge in [-0.2, -0.15) is 0 Å². The highest BCUT2D eigenvalue weighted by molar-refractivity contribution is 6.10. The lowest BCUT2D eigenvalue weighted by Gasteiger charge is -2.15. The third kappa shape index (κ3) is 2.84. The number of pyridine rings is 1. The molecule has 1 N–H and O–H groups in total. The third-order valence-corrected chi connectivity index (χ3v) is 4.83. The molecule has 0 bridgehead atoms. The van der Waals surface area contributed by atoms with Crippen LogP contribution in [-0.2, 0) is 4.79 Å². The third-order valence-electron chi connectivity index (χ3n) is 4.83. The average Bonchev–Trinajstić information content (AvgIpc) is 3.14. The molecule has 2 amide bonds. The molecule has 0 spiro atoms. The van der Waals surface area contributed by atoms with Crippen molar-refractivity contribution in [3.8, 4) is 11.6 Å². The van der Waals surface area contributed by atoms with Crippen molar-refractivity contribution in [1.82, 2.24) is 4.98 Å². The molecule has 0 radical (unpaired) electrons. The van der Waals surface area contributed by atoms with Crippen molar-refractivity contribution in [1.29, 1.82) is 0 Å². The van der Waals surface area contributed by atoms with Gasteiger partial charge in [0.05, 0.1) is 5.56 Å². The number of ether oxygens (including phenoxy) is 1. The van der Waals surface area contributed by atoms with Crippen LogP contribution >= 0.6 is 0 Å². The highest BCUT2D eigenvalue weighted by Crippen LogP contribution is 2.37. The first-order valence-electron chi connectivity index (χ1n) is 8.49. The van der Waals surface area contributed by atoms with Gasteiger partial charge < -0.3 is 15.0 Å². The van der Waals surface area contributed by atoms with Gasteiger partial charge in [0.15, 0.2) is 0 Å². The fourth-order valence-electron chi connectivity index (χ4n) is 3.41. The molecule has 1 aromatic carbocycles. The Balaban J connectivity index is 1.64. The monoisotopic (exact) mass is 337 g/mol. The van der Waals surface area contributed by atoms with Crippen molar-refractivity contribution in [2.45, 2.75) is 25.7 Å². The minimum Gasteiger partial charge on any atom is -0.436 e. The van der Waals surface area contributed by atoms with E-state index in [-0.39, 0.29) is 17.7 Å². The number of hydrogen-bond acceptors (Lipinski definition) is 4. The van der Waals surface area contributed by atoms with E-state index in [4.69, 9.17) is 4.74 Å². The Hall–Kier alpha value is -2.89. The molecule has 6 nitrogen and oxygen atoms in total. The molecular formula is C19H19N3O3. The van der Waals surface area contributed by atoms with E-state index >= 15 is 0 Å². The molecule has 4 rings (SSSR count). The Bertz CT molecular complexity index is 844. The molecule has 0 unspecified atom stereocenters. The van der Waals surface area contributed by atoms with Gasteiger partial charge in [-0.25, -0.2) is 4.98 Å². The number of carbonyl (C=O) groups excluding carboxylic acids is 2. The fourth-order valence-corrected chi connectivity index (χ4v) is 3.41. The summed E-state index contributed by atoms with van der Waals surface area (Å²) in [5.41, 5.74) is 1.63. The molecule has 2 aromatic rings. The number of aromatic nitrogens is 1. The average molecular weight is 337 g/mol. The molecule has 2 heterocycles. The molecule has 0 saturated heterocycles. The Morgan fingerprint density at radius 2 is 2.08 bits per heavy atom. The number of rotatable bonds is 2. The summed E-state index contributed by atoms with van der Waals surface area (Å²) in [6.45, 7) is 0. The Labute approximate surface area is 145 Å². The number of hydrogen-bond donors (Lipinski definition) is 1. The van der Waals surface area contributed by atoms with Gasteiger partial charge >= 0.3 is 0 Å². The van der Waals surface area contributed by atoms with Crippen LogP contribution in [0.4, 0.5) is 11.4 Å². The fraction of sp³-hybridized carbons (Fsp3) is 0.316. The van der Waals surface area contributed by atoms with Crippen LogP contribution in [0, 0.1) is 5.92 Å². The molecule has 1 saturated carbocycles. The van der Waals surface area contributed by atoms with Crippen molar-refractivity contribution in [3.63, 3.8) is 0 Å². The van der Waals surface area contributed by atoms with Crippen LogP contribution in [0.5, 0.6) is 11.6 Å². The van der Waals surface area contributed by atoms with Gasteiger partial charge in [-0.3, -0.25) is 9.59 Å². The molecule has 1 aliphatic heterocycles. The zero-order valence-electron chi connectivity index (χ0n) is 14.0. The summed E-state index contributed by atoms with van der Waals surface area (Å²) in [4.78, 5) is 30.8. The van der Waals surface area contributed by atoms with Crippen LogP contribution in [-0.4, -0.2) is 23.8 Å². The number of anilines is 2. The molecule has 1 fully saturated rings. The molecule has 25 heavy (non-hydrogen) atoms. The Morgan fingerprint density at radius 3 is 2.88 bits per heavy atom. The van der Waals surface area contributed by atoms with E-state index < -0.39 is 0 Å². The van der Waals surface area contributed by atoms with Crippen molar-refractivity contribution in [2.24, 2.45) is 5.92 Å². The lowest BCUT2D eigenvalue weighted by molar-refractivity contribution is -0.119. The molecular weight excluding hydrogens is 318 g/mol. The van der Waals surface area contributed by atoms with Crippen LogP contribution in [0.25, 0.3) is 0 Å². The van der Waals surface area contributed by atoms with E-state index in [0.717, 1.165) is 25.7 Å². The van der Waals surface area contributed by atoms with Gasteiger partial charge in [-0.15, -0.1) is 0 Å². The van der Waals surface area contributed by atoms with Crippen molar-refractivity contribution >= 4 is 23.2 Å². The highest BCUT2D eigenvalue weighted by Gasteiger charge is 2.27. The standard InChI is InChI=1S/C19H19N3O3/c1-22-15-7-4-10-20-18(15)25-16-9-8-13(11-14(16)19(22)24)21-17(23)12-5-2-3-6-12/h4,7-12H,2-3,5-6H2,1H3,(H,21,23). The number of nitrogens with one attached hydrogen (secondary N) is 1. The highest BCUT2D eigenvalue weighted by atomic mass is 16.5. The van der Waals surface area contributed by atoms with Gasteiger partial charge in [0.25, 0.3) is 5.91 Å². The topological polar surface area (TPSA) is 71.5 Å². The number of carbonyl (C=O) groups is 2. The second-order valence-electron chi connectivity index (χ2n) is 6.48. The van der Waals surface area contributed by atoms with E-state index in [1.165, 1.54) is 4.90 Å². The molecule has 128 valence electrons. The van der Waals surface area contributed by atoms with E-state index in [1.54, 1.807) is 43.6 Å². The van der Waals surface area contributed by atoms with Gasteiger partial charge in [-0.1, -0.05) is 12.8 Å². The molecule has 0 atom stereocenters. The van der Waals surface area contributed by atoms with Gasteiger partial charge in [0, 0.05) is 24.8 Å². The van der Waals surface area contributed by atoms with Crippen molar-refractivity contribution in [2.75, 3.05) is 17.3 Å². The predicted octanol–water partition coefficient (Wildman–Crippen LogP) is 3.59. The van der Waals surface area contributed by atoms with E-state index in [9.17, 15) is 9.59 Å². The number of amides is 2. The summed E-state index contributed by atoms with van der Waals surface area (Å²) < 4.78 is 5.82. The first-order chi connectivity index (χ1) is 12.1. The molecule has 1 aliphatic carbocycles. The summed E-state index contributed by atoms with van der Waals surface area (Å²) in [5.74, 6) is 0.728. The molecule has 2 aliphatic rings. The van der Waals surface area contributed by atoms with E-state index in [2.05, 4.69) is 10.3 Å². The molecule has 1 aromatic heterocycles. The Kier molecular flexibility index (Phi) is 3.87. The number of nitrogens with zero attached hydrogens (tertiary/aromatic N) is 2. The summed E-state index contributed by atoms with van der Waals surface area (Å²) in [6.07, 6.45) is 5.69. The minimum absolute atomic E-state index is 0.0257. The van der Waals surface area contributed by atoms with Crippen LogP contribution in [0.1, 0.15) is 36.0 Å². The van der Waals surface area contributed by atoms with Gasteiger partial charge in [-0.05, 0) is 43.2 Å². The number of benzene rings is 1. The van der Waals surface area contributed by atoms with Crippen molar-refractivity contribution in [3.05, 3.63) is 42.1 Å².